The van der Waals surface area contributed by atoms with E-state index in [1.807, 2.05) is 12.1 Å². The zero-order valence-corrected chi connectivity index (χ0v) is 19.6. The quantitative estimate of drug-likeness (QED) is 0.153. The average molecular weight is 467 g/mol. The van der Waals surface area contributed by atoms with Gasteiger partial charge in [-0.05, 0) is 81.4 Å². The predicted octanol–water partition coefficient (Wildman–Crippen LogP) is 1.65. The van der Waals surface area contributed by atoms with E-state index in [9.17, 15) is 14.8 Å². The van der Waals surface area contributed by atoms with Crippen molar-refractivity contribution in [2.24, 2.45) is 16.5 Å². The molecule has 3 aliphatic rings. The van der Waals surface area contributed by atoms with Gasteiger partial charge < -0.3 is 31.6 Å². The maximum atomic E-state index is 12.6. The molecule has 1 amide bonds. The van der Waals surface area contributed by atoms with Crippen molar-refractivity contribution in [2.75, 3.05) is 13.2 Å². The number of hydrogen-bond acceptors (Lipinski definition) is 5. The first-order chi connectivity index (χ1) is 14.8. The van der Waals surface area contributed by atoms with Gasteiger partial charge in [-0.15, -0.1) is 12.4 Å². The zero-order chi connectivity index (χ0) is 22.5. The van der Waals surface area contributed by atoms with Gasteiger partial charge in [-0.25, -0.2) is 0 Å². The average Bonchev–Trinajstić information content (AvgIpc) is 2.77. The highest BCUT2D eigenvalue weighted by Gasteiger charge is 2.49. The molecule has 10 heteroatoms. The van der Waals surface area contributed by atoms with Crippen molar-refractivity contribution in [3.8, 4) is 0 Å². The fourth-order valence-electron chi connectivity index (χ4n) is 5.15. The van der Waals surface area contributed by atoms with Crippen LogP contribution in [0.4, 0.5) is 0 Å². The highest BCUT2D eigenvalue weighted by atomic mass is 35.5. The van der Waals surface area contributed by atoms with Crippen LogP contribution in [-0.2, 0) is 10.2 Å². The molecule has 178 valence electrons. The van der Waals surface area contributed by atoms with Crippen molar-refractivity contribution in [2.45, 2.75) is 75.2 Å². The molecule has 0 saturated heterocycles. The number of carbonyl (C=O) groups is 1. The van der Waals surface area contributed by atoms with Crippen LogP contribution in [0.5, 0.6) is 0 Å². The van der Waals surface area contributed by atoms with Gasteiger partial charge in [0, 0.05) is 18.7 Å². The Balaban J connectivity index is 0.00000363. The minimum Gasteiger partial charge on any atom is -0.426 e. The van der Waals surface area contributed by atoms with Crippen molar-refractivity contribution >= 4 is 31.4 Å². The first-order valence-corrected chi connectivity index (χ1v) is 11.3. The van der Waals surface area contributed by atoms with Gasteiger partial charge in [0.1, 0.15) is 0 Å². The highest BCUT2D eigenvalue weighted by molar-refractivity contribution is 6.43. The Labute approximate surface area is 196 Å². The van der Waals surface area contributed by atoms with Crippen LogP contribution < -0.4 is 16.8 Å². The van der Waals surface area contributed by atoms with E-state index in [-0.39, 0.29) is 35.3 Å². The summed E-state index contributed by atoms with van der Waals surface area (Å²) in [5, 5.41) is 21.9. The number of nitrogens with zero attached hydrogens (tertiary/aromatic N) is 1. The summed E-state index contributed by atoms with van der Waals surface area (Å²) in [4.78, 5) is 16.5. The normalized spacial score (nSPS) is 24.8. The van der Waals surface area contributed by atoms with Gasteiger partial charge in [0.15, 0.2) is 5.96 Å². The molecule has 1 atom stereocenters. The van der Waals surface area contributed by atoms with Crippen molar-refractivity contribution in [3.63, 3.8) is 0 Å². The lowest BCUT2D eigenvalue weighted by Crippen LogP contribution is -2.49. The number of rotatable bonds is 10. The summed E-state index contributed by atoms with van der Waals surface area (Å²) in [7, 11) is -1.66. The van der Waals surface area contributed by atoms with Gasteiger partial charge in [0.05, 0.1) is 11.5 Å². The number of hydrogen-bond donors (Lipinski definition) is 5. The molecule has 0 spiro atoms. The molecular weight excluding hydrogens is 431 g/mol. The molecule has 4 rings (SSSR count). The van der Waals surface area contributed by atoms with Gasteiger partial charge in [0.25, 0.3) is 5.91 Å². The van der Waals surface area contributed by atoms with Gasteiger partial charge >= 0.3 is 7.12 Å². The molecule has 0 unspecified atom stereocenters. The van der Waals surface area contributed by atoms with Gasteiger partial charge in [-0.1, -0.05) is 12.1 Å². The van der Waals surface area contributed by atoms with Gasteiger partial charge in [-0.2, -0.15) is 0 Å². The summed E-state index contributed by atoms with van der Waals surface area (Å²) in [6, 6.07) is 7.77. The lowest BCUT2D eigenvalue weighted by atomic mass is 9.56. The van der Waals surface area contributed by atoms with E-state index < -0.39 is 13.1 Å². The van der Waals surface area contributed by atoms with Crippen LogP contribution in [0.15, 0.2) is 29.3 Å². The number of nitrogens with two attached hydrogens (primary N) is 2. The second kappa shape index (κ2) is 11.4. The van der Waals surface area contributed by atoms with Gasteiger partial charge in [-0.3, -0.25) is 9.79 Å². The standard InChI is InChI=1S/C22H35BN4O4.ClH/c1-2-31-22-12-9-21(10-13-22,11-14-22)17-7-5-16(6-8-17)19(28)27-18(23(29)30)4-3-15-26-20(24)25;/h5-8,18,29-30H,2-4,9-15H2,1H3,(H,27,28)(H4,24,25,26);1H/t18-,21?,22?;/m0./s1. The second-order valence-corrected chi connectivity index (χ2v) is 8.92. The maximum Gasteiger partial charge on any atom is 0.475 e. The number of halogens is 1. The Morgan fingerprint density at radius 1 is 1.16 bits per heavy atom. The summed E-state index contributed by atoms with van der Waals surface area (Å²) in [5.41, 5.74) is 12.6. The third-order valence-corrected chi connectivity index (χ3v) is 7.03. The Kier molecular flexibility index (Phi) is 9.39. The maximum absolute atomic E-state index is 12.6. The van der Waals surface area contributed by atoms with Crippen molar-refractivity contribution < 1.29 is 19.6 Å². The van der Waals surface area contributed by atoms with Crippen LogP contribution in [0.2, 0.25) is 0 Å². The summed E-state index contributed by atoms with van der Waals surface area (Å²) in [6.45, 7) is 3.21. The number of aliphatic imine (C=N–C) groups is 1. The molecular formula is C22H36BClN4O4. The monoisotopic (exact) mass is 466 g/mol. The van der Waals surface area contributed by atoms with Crippen molar-refractivity contribution in [1.82, 2.24) is 5.32 Å². The third-order valence-electron chi connectivity index (χ3n) is 7.03. The molecule has 2 bridgehead atoms. The molecule has 1 aromatic carbocycles. The number of guanidine groups is 1. The molecule has 1 aromatic rings. The molecule has 0 heterocycles. The van der Waals surface area contributed by atoms with Crippen LogP contribution >= 0.6 is 12.4 Å². The first kappa shape index (κ1) is 26.4. The smallest absolute Gasteiger partial charge is 0.426 e. The van der Waals surface area contributed by atoms with E-state index in [2.05, 4.69) is 29.4 Å². The van der Waals surface area contributed by atoms with E-state index in [0.717, 1.165) is 45.1 Å². The predicted molar refractivity (Wildman–Crippen MR) is 129 cm³/mol. The summed E-state index contributed by atoms with van der Waals surface area (Å²) in [5.74, 6) is -1.13. The van der Waals surface area contributed by atoms with Crippen molar-refractivity contribution in [1.29, 1.82) is 0 Å². The van der Waals surface area contributed by atoms with E-state index in [1.54, 1.807) is 0 Å². The van der Waals surface area contributed by atoms with Crippen LogP contribution in [-0.4, -0.2) is 53.7 Å². The molecule has 0 aromatic heterocycles. The van der Waals surface area contributed by atoms with Crippen molar-refractivity contribution in [3.05, 3.63) is 35.4 Å². The molecule has 32 heavy (non-hydrogen) atoms. The number of amides is 1. The Bertz CT molecular complexity index is 762. The van der Waals surface area contributed by atoms with E-state index in [4.69, 9.17) is 16.2 Å². The van der Waals surface area contributed by atoms with Crippen LogP contribution in [0.3, 0.4) is 0 Å². The first-order valence-electron chi connectivity index (χ1n) is 11.3. The molecule has 0 radical (unpaired) electrons. The number of fused-ring (bicyclic) bond motifs is 3. The van der Waals surface area contributed by atoms with E-state index in [1.165, 1.54) is 5.56 Å². The SMILES string of the molecule is CCOC12CCC(c3ccc(C(=O)N[C@@H](CCCN=C(N)N)B(O)O)cc3)(CC1)CC2.Cl. The van der Waals surface area contributed by atoms with Crippen LogP contribution in [0, 0.1) is 0 Å². The summed E-state index contributed by atoms with van der Waals surface area (Å²) < 4.78 is 6.08. The molecule has 8 nitrogen and oxygen atoms in total. The van der Waals surface area contributed by atoms with Crippen LogP contribution in [0.25, 0.3) is 0 Å². The number of benzene rings is 1. The summed E-state index contributed by atoms with van der Waals surface area (Å²) >= 11 is 0. The Morgan fingerprint density at radius 3 is 2.25 bits per heavy atom. The number of ether oxygens (including phenoxy) is 1. The summed E-state index contributed by atoms with van der Waals surface area (Å²) in [6.07, 6.45) is 7.51. The second-order valence-electron chi connectivity index (χ2n) is 8.92. The minimum absolute atomic E-state index is 0. The third kappa shape index (κ3) is 6.16. The van der Waals surface area contributed by atoms with Gasteiger partial charge in [0.2, 0.25) is 0 Å². The van der Waals surface area contributed by atoms with Crippen LogP contribution in [0.1, 0.15) is 74.2 Å². The topological polar surface area (TPSA) is 143 Å². The zero-order valence-electron chi connectivity index (χ0n) is 18.8. The van der Waals surface area contributed by atoms with E-state index in [0.29, 0.717) is 24.9 Å². The number of carbonyl (C=O) groups excluding carboxylic acids is 1. The molecule has 3 saturated carbocycles. The van der Waals surface area contributed by atoms with E-state index >= 15 is 0 Å². The lowest BCUT2D eigenvalue weighted by molar-refractivity contribution is -0.114. The number of nitrogens with one attached hydrogen (secondary N) is 1. The Hall–Kier alpha value is -1.81. The highest BCUT2D eigenvalue weighted by Crippen LogP contribution is 2.54. The fraction of sp³-hybridized carbons (Fsp3) is 0.636. The molecule has 3 aliphatic carbocycles. The largest absolute Gasteiger partial charge is 0.475 e. The lowest BCUT2D eigenvalue weighted by Gasteiger charge is -2.53. The fourth-order valence-corrected chi connectivity index (χ4v) is 5.15. The minimum atomic E-state index is -1.66. The molecule has 3 fully saturated rings. The molecule has 7 N–H and O–H groups in total. The molecule has 0 aliphatic heterocycles. The Morgan fingerprint density at radius 2 is 1.75 bits per heavy atom.